The number of rotatable bonds is 8. The van der Waals surface area contributed by atoms with Gasteiger partial charge in [-0.1, -0.05) is 36.0 Å². The largest absolute Gasteiger partial charge is 0.372 e. The molecule has 0 fully saturated rings. The second-order valence-electron chi connectivity index (χ2n) is 8.96. The standard InChI is InChI=1S/C26H30N8S/c1-18-8-7-9-20-19(18)14-34(22-11-6-5-10-21(22)33(4)13-12-32(2)3)23(31-20)15-35-26-24-25(28-16-27-24)29-17-30-26/h5-11,14,16-17,23H,12-13,15H2,1-4H3,(H,27,28,29,30). The highest BCUT2D eigenvalue weighted by atomic mass is 32.2. The van der Waals surface area contributed by atoms with Crippen LogP contribution < -0.4 is 20.4 Å². The summed E-state index contributed by atoms with van der Waals surface area (Å²) >= 11 is 1.67. The molecule has 1 aliphatic heterocycles. The number of hydrogen-bond acceptors (Lipinski definition) is 8. The number of hydrogen-bond donors (Lipinski definition) is 1. The van der Waals surface area contributed by atoms with Crippen molar-refractivity contribution < 1.29 is 0 Å². The molecular weight excluding hydrogens is 456 g/mol. The van der Waals surface area contributed by atoms with Crippen molar-refractivity contribution in [1.82, 2.24) is 24.8 Å². The molecule has 1 unspecified atom stereocenters. The highest BCUT2D eigenvalue weighted by Crippen LogP contribution is 2.33. The first-order valence-corrected chi connectivity index (χ1v) is 12.7. The fraction of sp³-hybridized carbons (Fsp3) is 0.308. The minimum Gasteiger partial charge on any atom is -0.372 e. The van der Waals surface area contributed by atoms with Crippen LogP contribution in [0.15, 0.2) is 65.1 Å². The van der Waals surface area contributed by atoms with Crippen LogP contribution in [0.25, 0.3) is 17.4 Å². The predicted molar refractivity (Wildman–Crippen MR) is 143 cm³/mol. The zero-order valence-electron chi connectivity index (χ0n) is 20.5. The highest BCUT2D eigenvalue weighted by molar-refractivity contribution is 7.99. The summed E-state index contributed by atoms with van der Waals surface area (Å²) in [5.74, 6) is 0.727. The lowest BCUT2D eigenvalue weighted by Gasteiger charge is -2.34. The van der Waals surface area contributed by atoms with Crippen LogP contribution in [-0.2, 0) is 0 Å². The normalized spacial score (nSPS) is 15.1. The van der Waals surface area contributed by atoms with Crippen LogP contribution >= 0.6 is 11.8 Å². The van der Waals surface area contributed by atoms with E-state index >= 15 is 0 Å². The number of nitrogens with one attached hydrogen (secondary N) is 1. The summed E-state index contributed by atoms with van der Waals surface area (Å²) < 4.78 is 0. The Balaban J connectivity index is 1.53. The predicted octanol–water partition coefficient (Wildman–Crippen LogP) is 2.66. The van der Waals surface area contributed by atoms with Crippen molar-refractivity contribution in [2.45, 2.75) is 18.1 Å². The van der Waals surface area contributed by atoms with Crippen LogP contribution in [0.5, 0.6) is 0 Å². The molecule has 0 spiro atoms. The Bertz CT molecular complexity index is 1450. The van der Waals surface area contributed by atoms with Crippen LogP contribution in [0, 0.1) is 6.92 Å². The Morgan fingerprint density at radius 1 is 1.00 bits per heavy atom. The summed E-state index contributed by atoms with van der Waals surface area (Å²) in [4.78, 5) is 28.2. The lowest BCUT2D eigenvalue weighted by Crippen LogP contribution is -2.44. The molecule has 8 nitrogen and oxygen atoms in total. The van der Waals surface area contributed by atoms with Gasteiger partial charge in [0.2, 0.25) is 0 Å². The molecular formula is C26H30N8S. The number of aryl methyl sites for hydroxylation is 1. The minimum atomic E-state index is -0.0920. The third kappa shape index (κ3) is 4.87. The summed E-state index contributed by atoms with van der Waals surface area (Å²) in [6.45, 7) is 4.06. The topological polar surface area (TPSA) is 76.5 Å². The zero-order chi connectivity index (χ0) is 24.4. The van der Waals surface area contributed by atoms with Gasteiger partial charge in [0.25, 0.3) is 0 Å². The first-order valence-electron chi connectivity index (χ1n) is 11.7. The Morgan fingerprint density at radius 3 is 2.71 bits per heavy atom. The Kier molecular flexibility index (Phi) is 6.70. The van der Waals surface area contributed by atoms with E-state index in [9.17, 15) is 0 Å². The van der Waals surface area contributed by atoms with Gasteiger partial charge in [-0.15, -0.1) is 0 Å². The van der Waals surface area contributed by atoms with Crippen LogP contribution in [0.4, 0.5) is 11.4 Å². The molecule has 4 aromatic rings. The van der Waals surface area contributed by atoms with E-state index in [2.05, 4.69) is 111 Å². The van der Waals surface area contributed by atoms with Gasteiger partial charge in [-0.25, -0.2) is 15.0 Å². The van der Waals surface area contributed by atoms with Crippen molar-refractivity contribution in [3.63, 3.8) is 0 Å². The summed E-state index contributed by atoms with van der Waals surface area (Å²) in [6.07, 6.45) is 5.40. The molecule has 2 aromatic carbocycles. The number of nitrogens with zero attached hydrogens (tertiary/aromatic N) is 7. The summed E-state index contributed by atoms with van der Waals surface area (Å²) in [7, 11) is 6.36. The van der Waals surface area contributed by atoms with Crippen LogP contribution in [0.3, 0.4) is 0 Å². The van der Waals surface area contributed by atoms with E-state index in [0.29, 0.717) is 5.65 Å². The number of para-hydroxylation sites is 2. The van der Waals surface area contributed by atoms with Gasteiger partial charge in [0, 0.05) is 37.3 Å². The lowest BCUT2D eigenvalue weighted by molar-refractivity contribution is 0.416. The molecule has 2 aromatic heterocycles. The van der Waals surface area contributed by atoms with Gasteiger partial charge in [-0.05, 0) is 44.8 Å². The second kappa shape index (κ2) is 10.1. The third-order valence-corrected chi connectivity index (χ3v) is 7.24. The molecule has 0 amide bonds. The maximum atomic E-state index is 5.20. The smallest absolute Gasteiger partial charge is 0.181 e. The third-order valence-electron chi connectivity index (χ3n) is 6.19. The molecule has 9 heteroatoms. The lowest BCUT2D eigenvalue weighted by atomic mass is 10.1. The number of aromatic amines is 1. The van der Waals surface area contributed by atoms with E-state index in [4.69, 9.17) is 4.99 Å². The Labute approximate surface area is 209 Å². The van der Waals surface area contributed by atoms with Crippen molar-refractivity contribution in [3.05, 3.63) is 71.3 Å². The zero-order valence-corrected chi connectivity index (χ0v) is 21.3. The molecule has 0 aliphatic carbocycles. The summed E-state index contributed by atoms with van der Waals surface area (Å²) in [5.41, 5.74) is 5.09. The van der Waals surface area contributed by atoms with E-state index in [-0.39, 0.29) is 6.17 Å². The molecule has 180 valence electrons. The summed E-state index contributed by atoms with van der Waals surface area (Å²) in [6, 6.07) is 14.9. The monoisotopic (exact) mass is 486 g/mol. The number of fused-ring (bicyclic) bond motifs is 2. The number of imidazole rings is 1. The molecule has 1 N–H and O–H groups in total. The van der Waals surface area contributed by atoms with Crippen LogP contribution in [-0.4, -0.2) is 71.0 Å². The van der Waals surface area contributed by atoms with Crippen molar-refractivity contribution in [2.24, 2.45) is 4.99 Å². The van der Waals surface area contributed by atoms with E-state index < -0.39 is 0 Å². The van der Waals surface area contributed by atoms with Crippen LogP contribution in [0.1, 0.15) is 5.56 Å². The molecule has 0 saturated heterocycles. The van der Waals surface area contributed by atoms with Gasteiger partial charge in [-0.3, -0.25) is 4.99 Å². The maximum Gasteiger partial charge on any atom is 0.181 e. The molecule has 1 atom stereocenters. The van der Waals surface area contributed by atoms with E-state index in [1.54, 1.807) is 24.4 Å². The molecule has 1 aliphatic rings. The van der Waals surface area contributed by atoms with E-state index in [1.807, 2.05) is 0 Å². The number of benzene rings is 2. The molecule has 35 heavy (non-hydrogen) atoms. The van der Waals surface area contributed by atoms with Gasteiger partial charge in [-0.2, -0.15) is 0 Å². The van der Waals surface area contributed by atoms with Crippen molar-refractivity contribution in [2.75, 3.05) is 49.8 Å². The molecule has 3 heterocycles. The fourth-order valence-electron chi connectivity index (χ4n) is 4.22. The SMILES string of the molecule is Cc1cccc2c1=CN(c1ccccc1N(C)CCN(C)C)C(CSc1ncnc3nc[nH]c13)N=2. The average molecular weight is 487 g/mol. The fourth-order valence-corrected chi connectivity index (χ4v) is 5.18. The molecule has 0 saturated carbocycles. The van der Waals surface area contributed by atoms with Crippen molar-refractivity contribution >= 4 is 40.5 Å². The van der Waals surface area contributed by atoms with E-state index in [0.717, 1.165) is 45.6 Å². The Hall–Kier alpha value is -3.43. The molecule has 5 rings (SSSR count). The average Bonchev–Trinajstić information content (AvgIpc) is 3.35. The number of H-pyrrole nitrogens is 1. The minimum absolute atomic E-state index is 0.0920. The van der Waals surface area contributed by atoms with Gasteiger partial charge in [0.15, 0.2) is 5.65 Å². The maximum absolute atomic E-state index is 5.20. The van der Waals surface area contributed by atoms with Gasteiger partial charge >= 0.3 is 0 Å². The second-order valence-corrected chi connectivity index (χ2v) is 9.97. The highest BCUT2D eigenvalue weighted by Gasteiger charge is 2.24. The number of anilines is 2. The number of thioether (sulfide) groups is 1. The van der Waals surface area contributed by atoms with Crippen molar-refractivity contribution in [1.29, 1.82) is 0 Å². The van der Waals surface area contributed by atoms with Crippen LogP contribution in [0.2, 0.25) is 0 Å². The van der Waals surface area contributed by atoms with Gasteiger partial charge in [0.1, 0.15) is 23.0 Å². The molecule has 0 bridgehead atoms. The molecule has 0 radical (unpaired) electrons. The van der Waals surface area contributed by atoms with Crippen molar-refractivity contribution in [3.8, 4) is 0 Å². The number of aromatic nitrogens is 4. The summed E-state index contributed by atoms with van der Waals surface area (Å²) in [5, 5.41) is 3.08. The van der Waals surface area contributed by atoms with Gasteiger partial charge in [0.05, 0.1) is 23.1 Å². The number of likely N-dealkylation sites (N-methyl/N-ethyl adjacent to an activating group) is 2. The first-order chi connectivity index (χ1) is 17.0. The quantitative estimate of drug-likeness (QED) is 0.303. The van der Waals surface area contributed by atoms with E-state index in [1.165, 1.54) is 11.3 Å². The Morgan fingerprint density at radius 2 is 1.86 bits per heavy atom. The van der Waals surface area contributed by atoms with Gasteiger partial charge < -0.3 is 19.7 Å². The first kappa shape index (κ1) is 23.3.